The van der Waals surface area contributed by atoms with Crippen LogP contribution in [-0.4, -0.2) is 15.9 Å². The van der Waals surface area contributed by atoms with Gasteiger partial charge in [0, 0.05) is 67.9 Å². The molecule has 0 saturated heterocycles. The number of benzene rings is 2. The van der Waals surface area contributed by atoms with Gasteiger partial charge in [0.15, 0.2) is 5.78 Å². The molecule has 3 nitrogen and oxygen atoms in total. The van der Waals surface area contributed by atoms with Gasteiger partial charge in [0.1, 0.15) is 5.76 Å². The number of carbonyl (C=O) groups excluding carboxylic acids is 1. The van der Waals surface area contributed by atoms with Crippen LogP contribution in [0.1, 0.15) is 118 Å². The van der Waals surface area contributed by atoms with E-state index in [1.54, 1.807) is 0 Å². The van der Waals surface area contributed by atoms with E-state index in [1.807, 2.05) is 81.7 Å². The van der Waals surface area contributed by atoms with Crippen LogP contribution in [0.15, 0.2) is 53.7 Å². The maximum atomic E-state index is 12.2. The molecule has 6 rings (SSSR count). The van der Waals surface area contributed by atoms with Crippen LogP contribution in [0.2, 0.25) is 0 Å². The van der Waals surface area contributed by atoms with Gasteiger partial charge in [-0.05, 0) is 100 Å². The molecule has 0 unspecified atom stereocenters. The number of pyridine rings is 1. The second-order valence-electron chi connectivity index (χ2n) is 16.2. The minimum Gasteiger partial charge on any atom is -0.512 e. The summed E-state index contributed by atoms with van der Waals surface area (Å²) in [4.78, 5) is 18.6. The quantitative estimate of drug-likeness (QED) is 0.0846. The molecule has 1 radical (unpaired) electrons. The molecular weight excluding hydrogens is 875 g/mol. The molecule has 52 heavy (non-hydrogen) atoms. The third-order valence-electron chi connectivity index (χ3n) is 11.3. The number of fused-ring (bicyclic) bond motifs is 5. The van der Waals surface area contributed by atoms with Gasteiger partial charge in [0.2, 0.25) is 0 Å². The third-order valence-corrected chi connectivity index (χ3v) is 14.6. The third kappa shape index (κ3) is 8.30. The van der Waals surface area contributed by atoms with E-state index in [9.17, 15) is 9.90 Å². The van der Waals surface area contributed by atoms with Crippen molar-refractivity contribution in [1.82, 2.24) is 4.98 Å². The van der Waals surface area contributed by atoms with E-state index >= 15 is 0 Å². The Kier molecular flexibility index (Phi) is 13.5. The van der Waals surface area contributed by atoms with Crippen LogP contribution >= 0.6 is 34.0 Å². The molecule has 0 amide bonds. The van der Waals surface area contributed by atoms with Gasteiger partial charge in [-0.25, -0.2) is 0 Å². The summed E-state index contributed by atoms with van der Waals surface area (Å²) in [5.74, 6) is 0.956. The number of ketones is 1. The number of hydrogen-bond donors (Lipinski definition) is 1. The zero-order valence-corrected chi connectivity index (χ0v) is 37.9. The van der Waals surface area contributed by atoms with Gasteiger partial charge in [0.05, 0.1) is 0 Å². The van der Waals surface area contributed by atoms with Crippen LogP contribution in [0.4, 0.5) is 0 Å². The van der Waals surface area contributed by atoms with Crippen LogP contribution in [0.3, 0.4) is 0 Å². The number of aromatic nitrogens is 1. The normalized spacial score (nSPS) is 12.9. The fraction of sp³-hybridized carbons (Fsp3) is 0.467. The Morgan fingerprint density at radius 2 is 1.50 bits per heavy atom. The van der Waals surface area contributed by atoms with Gasteiger partial charge in [-0.3, -0.25) is 9.78 Å². The monoisotopic (exact) mass is 931 g/mol. The number of aryl methyl sites for hydroxylation is 1. The summed E-state index contributed by atoms with van der Waals surface area (Å²) in [6.07, 6.45) is 7.87. The summed E-state index contributed by atoms with van der Waals surface area (Å²) in [6, 6.07) is 15.2. The topological polar surface area (TPSA) is 50.2 Å². The van der Waals surface area contributed by atoms with Crippen LogP contribution in [0.5, 0.6) is 0 Å². The fourth-order valence-corrected chi connectivity index (χ4v) is 10.3. The van der Waals surface area contributed by atoms with Gasteiger partial charge >= 0.3 is 0 Å². The van der Waals surface area contributed by atoms with Crippen LogP contribution in [0, 0.1) is 29.7 Å². The largest absolute Gasteiger partial charge is 0.512 e. The van der Waals surface area contributed by atoms with Crippen molar-refractivity contribution >= 4 is 80.1 Å². The van der Waals surface area contributed by atoms with Crippen LogP contribution in [0.25, 0.3) is 51.6 Å². The molecule has 0 aliphatic rings. The molecule has 0 atom stereocenters. The molecule has 0 aliphatic carbocycles. The van der Waals surface area contributed by atoms with E-state index in [-0.39, 0.29) is 47.9 Å². The first kappa shape index (κ1) is 42.3. The molecule has 0 spiro atoms. The van der Waals surface area contributed by atoms with E-state index in [4.69, 9.17) is 4.98 Å². The predicted molar refractivity (Wildman–Crippen MR) is 227 cm³/mol. The number of nitrogens with zero attached hydrogens (tertiary/aromatic N) is 1. The molecule has 6 aromatic rings. The first-order chi connectivity index (χ1) is 24.0. The van der Waals surface area contributed by atoms with Crippen LogP contribution in [-0.2, 0) is 36.7 Å². The Morgan fingerprint density at radius 3 is 2.10 bits per heavy atom. The maximum absolute atomic E-state index is 12.2. The second kappa shape index (κ2) is 16.5. The Hall–Kier alpha value is -2.41. The number of thiophene rings is 3. The standard InChI is InChI=1S/C30H28NS3.C15H28O2.Ir/c1-16(2)11-24-17(3)20-14-26-21(15-25(20)34-24)27-23(33-26)7-9-31-28(27)19-12-18-8-10-32-29(18)22(13-19)30(4,5)6;1-7-14(5,8-2)12(16)11-13(17)15(6,9-3)10-4;/h7-10,13-16H,11H2,1-6H3;11,16H,7-10H2,1-6H3;/q-1;;/b;12-11-;. The average molecular weight is 931 g/mol. The smallest absolute Gasteiger partial charge is 0.164 e. The molecule has 0 bridgehead atoms. The zero-order valence-electron chi connectivity index (χ0n) is 33.1. The van der Waals surface area contributed by atoms with Crippen molar-refractivity contribution in [3.8, 4) is 11.3 Å². The summed E-state index contributed by atoms with van der Waals surface area (Å²) >= 11 is 5.67. The fourth-order valence-electron chi connectivity index (χ4n) is 6.63. The van der Waals surface area contributed by atoms with Crippen molar-refractivity contribution < 1.29 is 30.0 Å². The molecule has 1 N–H and O–H groups in total. The first-order valence-corrected chi connectivity index (χ1v) is 21.1. The molecule has 0 saturated carbocycles. The van der Waals surface area contributed by atoms with Crippen molar-refractivity contribution in [2.45, 2.75) is 121 Å². The van der Waals surface area contributed by atoms with Crippen molar-refractivity contribution in [1.29, 1.82) is 0 Å². The Balaban J connectivity index is 0.000000289. The maximum Gasteiger partial charge on any atom is 0.164 e. The molecular formula is C45H56IrNO2S3-. The zero-order chi connectivity index (χ0) is 37.5. The SMILES string of the molecule is CCC(C)(CC)C(=O)/C=C(\O)C(C)(CC)CC.Cc1c(CC(C)C)sc2cc3c(cc12)sc1ccnc(-c2[c-]c4ccsc4c(C(C)(C)C)c2)c13.[Ir]. The minimum atomic E-state index is -0.337. The van der Waals surface area contributed by atoms with Crippen LogP contribution < -0.4 is 0 Å². The van der Waals surface area contributed by atoms with E-state index in [1.165, 1.54) is 62.4 Å². The number of aliphatic hydroxyl groups excluding tert-OH is 1. The van der Waals surface area contributed by atoms with E-state index in [2.05, 4.69) is 83.3 Å². The summed E-state index contributed by atoms with van der Waals surface area (Å²) in [5.41, 5.74) is 4.44. The Morgan fingerprint density at radius 1 is 0.885 bits per heavy atom. The summed E-state index contributed by atoms with van der Waals surface area (Å²) < 4.78 is 5.38. The minimum absolute atomic E-state index is 0. The molecule has 281 valence electrons. The van der Waals surface area contributed by atoms with Crippen molar-refractivity contribution in [3.05, 3.63) is 75.8 Å². The van der Waals surface area contributed by atoms with Gasteiger partial charge in [-0.2, -0.15) is 11.3 Å². The van der Waals surface area contributed by atoms with E-state index in [0.717, 1.165) is 43.4 Å². The van der Waals surface area contributed by atoms with Crippen molar-refractivity contribution in [3.63, 3.8) is 0 Å². The predicted octanol–water partition coefficient (Wildman–Crippen LogP) is 14.8. The summed E-state index contributed by atoms with van der Waals surface area (Å²) in [7, 11) is 0. The molecule has 7 heteroatoms. The van der Waals surface area contributed by atoms with E-state index < -0.39 is 0 Å². The molecule has 2 aromatic carbocycles. The number of hydrogen-bond acceptors (Lipinski definition) is 6. The van der Waals surface area contributed by atoms with Crippen molar-refractivity contribution in [2.24, 2.45) is 16.7 Å². The Bertz CT molecular complexity index is 2220. The molecule has 0 aliphatic heterocycles. The number of rotatable bonds is 10. The van der Waals surface area contributed by atoms with Gasteiger partial charge in [-0.1, -0.05) is 87.3 Å². The summed E-state index contributed by atoms with van der Waals surface area (Å²) in [5, 5.41) is 17.5. The first-order valence-electron chi connectivity index (χ1n) is 18.6. The molecule has 0 fully saturated rings. The number of aliphatic hydroxyl groups is 1. The summed E-state index contributed by atoms with van der Waals surface area (Å²) in [6.45, 7) is 25.9. The Labute approximate surface area is 337 Å². The number of allylic oxidation sites excluding steroid dienone is 2. The average Bonchev–Trinajstić information content (AvgIpc) is 3.80. The van der Waals surface area contributed by atoms with Gasteiger partial charge < -0.3 is 5.11 Å². The van der Waals surface area contributed by atoms with Crippen molar-refractivity contribution in [2.75, 3.05) is 0 Å². The van der Waals surface area contributed by atoms with E-state index in [0.29, 0.717) is 5.92 Å². The van der Waals surface area contributed by atoms with Gasteiger partial charge in [0.25, 0.3) is 0 Å². The molecule has 4 aromatic heterocycles. The number of carbonyl (C=O) groups is 1. The second-order valence-corrected chi connectivity index (χ2v) is 19.3. The molecule has 4 heterocycles. The van der Waals surface area contributed by atoms with Gasteiger partial charge in [-0.15, -0.1) is 46.3 Å².